The Hall–Kier alpha value is -0.410. The molecule has 0 fully saturated rings. The lowest BCUT2D eigenvalue weighted by Crippen LogP contribution is -1.94. The lowest BCUT2D eigenvalue weighted by molar-refractivity contribution is 0.353. The van der Waals surface area contributed by atoms with Gasteiger partial charge in [0.15, 0.2) is 0 Å². The van der Waals surface area contributed by atoms with Crippen LogP contribution in [0.5, 0.6) is 11.5 Å². The highest BCUT2D eigenvalue weighted by Crippen LogP contribution is 2.47. The maximum absolute atomic E-state index is 6.00. The third kappa shape index (κ3) is 1.29. The van der Waals surface area contributed by atoms with Crippen molar-refractivity contribution >= 4 is 27.5 Å². The van der Waals surface area contributed by atoms with E-state index in [0.29, 0.717) is 5.88 Å². The van der Waals surface area contributed by atoms with E-state index in [2.05, 4.69) is 15.9 Å². The summed E-state index contributed by atoms with van der Waals surface area (Å²) < 4.78 is 12.4. The molecule has 0 unspecified atom stereocenters. The predicted molar refractivity (Wildman–Crippen MR) is 62.1 cm³/mol. The summed E-state index contributed by atoms with van der Waals surface area (Å²) in [4.78, 5) is 0. The van der Waals surface area contributed by atoms with Gasteiger partial charge in [-0.2, -0.15) is 0 Å². The van der Waals surface area contributed by atoms with Gasteiger partial charge in [0.2, 0.25) is 0 Å². The van der Waals surface area contributed by atoms with Crippen LogP contribution in [0, 0.1) is 0 Å². The molecule has 15 heavy (non-hydrogen) atoms. The molecule has 0 saturated carbocycles. The maximum atomic E-state index is 6.00. The summed E-state index contributed by atoms with van der Waals surface area (Å²) in [5, 5.41) is 0. The van der Waals surface area contributed by atoms with Crippen LogP contribution in [0.3, 0.4) is 0 Å². The van der Waals surface area contributed by atoms with Crippen LogP contribution < -0.4 is 9.47 Å². The van der Waals surface area contributed by atoms with E-state index < -0.39 is 0 Å². The van der Waals surface area contributed by atoms with E-state index in [0.717, 1.165) is 47.6 Å². The number of hydrogen-bond donors (Lipinski definition) is 0. The van der Waals surface area contributed by atoms with Crippen LogP contribution >= 0.6 is 27.5 Å². The van der Waals surface area contributed by atoms with Crippen LogP contribution in [-0.4, -0.2) is 13.2 Å². The third-order valence-electron chi connectivity index (χ3n) is 2.98. The van der Waals surface area contributed by atoms with E-state index in [1.807, 2.05) is 0 Å². The summed E-state index contributed by atoms with van der Waals surface area (Å²) in [5.41, 5.74) is 3.56. The van der Waals surface area contributed by atoms with E-state index in [9.17, 15) is 0 Å². The molecule has 0 aromatic heterocycles. The second-order valence-electron chi connectivity index (χ2n) is 3.74. The van der Waals surface area contributed by atoms with E-state index in [-0.39, 0.29) is 0 Å². The number of alkyl halides is 1. The predicted octanol–water partition coefficient (Wildman–Crippen LogP) is 3.06. The Balaban J connectivity index is 2.31. The van der Waals surface area contributed by atoms with Crippen molar-refractivity contribution in [1.29, 1.82) is 0 Å². The first kappa shape index (κ1) is 9.79. The lowest BCUT2D eigenvalue weighted by Gasteiger charge is -2.12. The highest BCUT2D eigenvalue weighted by Gasteiger charge is 2.29. The molecule has 0 N–H and O–H groups in total. The number of ether oxygens (including phenoxy) is 2. The van der Waals surface area contributed by atoms with Crippen molar-refractivity contribution in [3.05, 3.63) is 21.2 Å². The molecule has 0 atom stereocenters. The maximum Gasteiger partial charge on any atom is 0.137 e. The summed E-state index contributed by atoms with van der Waals surface area (Å²) in [5.74, 6) is 2.47. The average Bonchev–Trinajstić information content (AvgIpc) is 2.85. The molecule has 2 heterocycles. The molecule has 4 heteroatoms. The zero-order chi connectivity index (χ0) is 10.4. The van der Waals surface area contributed by atoms with E-state index >= 15 is 0 Å². The molecule has 1 aromatic carbocycles. The van der Waals surface area contributed by atoms with E-state index in [1.54, 1.807) is 0 Å². The van der Waals surface area contributed by atoms with Crippen LogP contribution in [0.4, 0.5) is 0 Å². The Morgan fingerprint density at radius 3 is 2.47 bits per heavy atom. The number of hydrogen-bond acceptors (Lipinski definition) is 2. The van der Waals surface area contributed by atoms with Crippen LogP contribution in [0.25, 0.3) is 0 Å². The van der Waals surface area contributed by atoms with Crippen LogP contribution in [0.2, 0.25) is 0 Å². The summed E-state index contributed by atoms with van der Waals surface area (Å²) in [7, 11) is 0. The monoisotopic (exact) mass is 288 g/mol. The SMILES string of the molecule is ClCc1c2c(c(Br)c3c1OCC3)OCC2. The Kier molecular flexibility index (Phi) is 2.33. The Morgan fingerprint density at radius 1 is 1.07 bits per heavy atom. The van der Waals surface area contributed by atoms with Gasteiger partial charge in [-0.25, -0.2) is 0 Å². The standard InChI is InChI=1S/C11H10BrClO2/c12-9-7-2-4-14-10(7)8(5-13)6-1-3-15-11(6)9/h1-5H2. The van der Waals surface area contributed by atoms with Crippen molar-refractivity contribution in [1.82, 2.24) is 0 Å². The van der Waals surface area contributed by atoms with Crippen LogP contribution in [-0.2, 0) is 18.7 Å². The molecule has 2 aliphatic rings. The topological polar surface area (TPSA) is 18.5 Å². The molecule has 0 bridgehead atoms. The van der Waals surface area contributed by atoms with Gasteiger partial charge in [0, 0.05) is 29.5 Å². The molecule has 2 aliphatic heterocycles. The Morgan fingerprint density at radius 2 is 1.73 bits per heavy atom. The van der Waals surface area contributed by atoms with Gasteiger partial charge in [-0.1, -0.05) is 0 Å². The van der Waals surface area contributed by atoms with Crippen molar-refractivity contribution in [2.75, 3.05) is 13.2 Å². The molecule has 0 amide bonds. The van der Waals surface area contributed by atoms with Gasteiger partial charge < -0.3 is 9.47 Å². The molecule has 2 nitrogen and oxygen atoms in total. The molecule has 3 rings (SSSR count). The van der Waals surface area contributed by atoms with Gasteiger partial charge in [-0.15, -0.1) is 11.6 Å². The first-order valence-corrected chi connectivity index (χ1v) is 6.33. The number of halogens is 2. The van der Waals surface area contributed by atoms with Gasteiger partial charge in [0.05, 0.1) is 23.6 Å². The highest BCUT2D eigenvalue weighted by atomic mass is 79.9. The van der Waals surface area contributed by atoms with Gasteiger partial charge >= 0.3 is 0 Å². The molecule has 1 aromatic rings. The molecule has 0 saturated heterocycles. The van der Waals surface area contributed by atoms with Crippen molar-refractivity contribution in [3.63, 3.8) is 0 Å². The molecule has 80 valence electrons. The van der Waals surface area contributed by atoms with Gasteiger partial charge in [-0.05, 0) is 15.9 Å². The van der Waals surface area contributed by atoms with Crippen molar-refractivity contribution < 1.29 is 9.47 Å². The molecule has 0 radical (unpaired) electrons. The summed E-state index contributed by atoms with van der Waals surface area (Å²) >= 11 is 9.59. The smallest absolute Gasteiger partial charge is 0.137 e. The van der Waals surface area contributed by atoms with Crippen LogP contribution in [0.1, 0.15) is 16.7 Å². The number of benzene rings is 1. The fraction of sp³-hybridized carbons (Fsp3) is 0.455. The molecular formula is C11H10BrClO2. The zero-order valence-corrected chi connectivity index (χ0v) is 10.4. The molecule has 0 spiro atoms. The second-order valence-corrected chi connectivity index (χ2v) is 4.80. The summed E-state index contributed by atoms with van der Waals surface area (Å²) in [6.07, 6.45) is 1.88. The molecular weight excluding hydrogens is 279 g/mol. The summed E-state index contributed by atoms with van der Waals surface area (Å²) in [6, 6.07) is 0. The van der Waals surface area contributed by atoms with Gasteiger partial charge in [0.25, 0.3) is 0 Å². The number of rotatable bonds is 1. The first-order valence-electron chi connectivity index (χ1n) is 5.00. The van der Waals surface area contributed by atoms with Gasteiger partial charge in [0.1, 0.15) is 11.5 Å². The first-order chi connectivity index (χ1) is 7.33. The van der Waals surface area contributed by atoms with E-state index in [4.69, 9.17) is 21.1 Å². The van der Waals surface area contributed by atoms with Gasteiger partial charge in [-0.3, -0.25) is 0 Å². The van der Waals surface area contributed by atoms with E-state index in [1.165, 1.54) is 11.1 Å². The second kappa shape index (κ2) is 3.56. The summed E-state index contributed by atoms with van der Waals surface area (Å²) in [6.45, 7) is 1.50. The van der Waals surface area contributed by atoms with Crippen molar-refractivity contribution in [3.8, 4) is 11.5 Å². The van der Waals surface area contributed by atoms with Crippen molar-refractivity contribution in [2.45, 2.75) is 18.7 Å². The minimum Gasteiger partial charge on any atom is -0.493 e. The quantitative estimate of drug-likeness (QED) is 0.740. The Labute approximate surface area is 102 Å². The largest absolute Gasteiger partial charge is 0.493 e. The van der Waals surface area contributed by atoms with Crippen LogP contribution in [0.15, 0.2) is 4.47 Å². The zero-order valence-electron chi connectivity index (χ0n) is 8.11. The fourth-order valence-corrected chi connectivity index (χ4v) is 3.30. The fourth-order valence-electron chi connectivity index (χ4n) is 2.29. The highest BCUT2D eigenvalue weighted by molar-refractivity contribution is 9.10. The third-order valence-corrected chi connectivity index (χ3v) is 4.09. The minimum absolute atomic E-state index is 0.501. The molecule has 0 aliphatic carbocycles. The van der Waals surface area contributed by atoms with Crippen molar-refractivity contribution in [2.24, 2.45) is 0 Å². The number of fused-ring (bicyclic) bond motifs is 2. The lowest BCUT2D eigenvalue weighted by atomic mass is 10.0. The minimum atomic E-state index is 0.501. The average molecular weight is 290 g/mol. The Bertz CT molecular complexity index is 396. The normalized spacial score (nSPS) is 16.9.